The molecule has 1 N–H and O–H groups in total. The zero-order valence-corrected chi connectivity index (χ0v) is 17.5. The Bertz CT molecular complexity index is 1140. The zero-order valence-electron chi connectivity index (χ0n) is 15.9. The van der Waals surface area contributed by atoms with E-state index in [0.29, 0.717) is 36.8 Å². The summed E-state index contributed by atoms with van der Waals surface area (Å²) >= 11 is 2.94. The Labute approximate surface area is 180 Å². The summed E-state index contributed by atoms with van der Waals surface area (Å²) in [5.74, 6) is 0.193. The van der Waals surface area contributed by atoms with E-state index in [2.05, 4.69) is 10.3 Å². The molecule has 0 aliphatic carbocycles. The van der Waals surface area contributed by atoms with E-state index in [9.17, 15) is 9.59 Å². The van der Waals surface area contributed by atoms with E-state index in [-0.39, 0.29) is 11.8 Å². The van der Waals surface area contributed by atoms with Gasteiger partial charge in [0, 0.05) is 31.9 Å². The van der Waals surface area contributed by atoms with E-state index in [1.165, 1.54) is 28.9 Å². The van der Waals surface area contributed by atoms with Crippen LogP contribution in [-0.4, -0.2) is 52.8 Å². The maximum absolute atomic E-state index is 12.9. The molecule has 0 bridgehead atoms. The highest BCUT2D eigenvalue weighted by Gasteiger charge is 2.27. The fourth-order valence-electron chi connectivity index (χ4n) is 3.36. The molecule has 1 aliphatic rings. The predicted octanol–water partition coefficient (Wildman–Crippen LogP) is 4.29. The summed E-state index contributed by atoms with van der Waals surface area (Å²) in [6.07, 6.45) is 1.49. The van der Waals surface area contributed by atoms with Gasteiger partial charge in [0.25, 0.3) is 11.8 Å². The Morgan fingerprint density at radius 1 is 0.933 bits per heavy atom. The number of nitrogens with zero attached hydrogens (tertiary/aromatic N) is 3. The second kappa shape index (κ2) is 7.92. The fourth-order valence-corrected chi connectivity index (χ4v) is 5.47. The molecule has 0 unspecified atom stereocenters. The van der Waals surface area contributed by atoms with Crippen molar-refractivity contribution in [1.82, 2.24) is 14.8 Å². The molecular weight excluding hydrogens is 420 g/mol. The lowest BCUT2D eigenvalue weighted by atomic mass is 10.2. The molecule has 1 fully saturated rings. The lowest BCUT2D eigenvalue weighted by Gasteiger charge is -2.34. The van der Waals surface area contributed by atoms with Crippen LogP contribution >= 0.6 is 22.7 Å². The number of furan rings is 1. The molecule has 2 amide bonds. The van der Waals surface area contributed by atoms with Gasteiger partial charge in [-0.25, -0.2) is 4.98 Å². The number of benzene rings is 1. The maximum atomic E-state index is 12.9. The zero-order chi connectivity index (χ0) is 20.5. The van der Waals surface area contributed by atoms with E-state index >= 15 is 0 Å². The molecule has 152 valence electrons. The average Bonchev–Trinajstić information content (AvgIpc) is 3.50. The van der Waals surface area contributed by atoms with E-state index in [1.807, 2.05) is 36.4 Å². The lowest BCUT2D eigenvalue weighted by molar-refractivity contribution is 0.0520. The van der Waals surface area contributed by atoms with Gasteiger partial charge in [-0.3, -0.25) is 9.59 Å². The van der Waals surface area contributed by atoms with E-state index in [1.54, 1.807) is 21.9 Å². The van der Waals surface area contributed by atoms with Crippen LogP contribution in [0.5, 0.6) is 0 Å². The molecule has 4 aromatic rings. The van der Waals surface area contributed by atoms with Gasteiger partial charge in [0.2, 0.25) is 0 Å². The molecule has 4 heterocycles. The molecule has 30 heavy (non-hydrogen) atoms. The van der Waals surface area contributed by atoms with Crippen LogP contribution in [0.1, 0.15) is 20.2 Å². The molecule has 3 aromatic heterocycles. The molecule has 0 spiro atoms. The van der Waals surface area contributed by atoms with Crippen molar-refractivity contribution in [2.45, 2.75) is 0 Å². The minimum atomic E-state index is -0.133. The quantitative estimate of drug-likeness (QED) is 0.514. The minimum Gasteiger partial charge on any atom is -0.459 e. The summed E-state index contributed by atoms with van der Waals surface area (Å²) in [6, 6.07) is 15.2. The third kappa shape index (κ3) is 3.69. The van der Waals surface area contributed by atoms with Crippen LogP contribution in [-0.2, 0) is 0 Å². The molecule has 7 nitrogen and oxygen atoms in total. The van der Waals surface area contributed by atoms with Gasteiger partial charge >= 0.3 is 0 Å². The van der Waals surface area contributed by atoms with Gasteiger partial charge in [-0.05, 0) is 30.3 Å². The molecule has 5 rings (SSSR count). The van der Waals surface area contributed by atoms with Crippen molar-refractivity contribution in [1.29, 1.82) is 0 Å². The van der Waals surface area contributed by atoms with Crippen molar-refractivity contribution in [3.63, 3.8) is 0 Å². The first-order valence-corrected chi connectivity index (χ1v) is 11.2. The van der Waals surface area contributed by atoms with Crippen LogP contribution in [0.2, 0.25) is 0 Å². The van der Waals surface area contributed by atoms with E-state index < -0.39 is 0 Å². The van der Waals surface area contributed by atoms with Gasteiger partial charge in [-0.2, -0.15) is 0 Å². The molecule has 9 heteroatoms. The summed E-state index contributed by atoms with van der Waals surface area (Å²) in [4.78, 5) is 35.0. The number of hydrogen-bond donors (Lipinski definition) is 1. The molecule has 0 saturated carbocycles. The largest absolute Gasteiger partial charge is 0.459 e. The average molecular weight is 439 g/mol. The number of thiophene rings is 1. The molecular formula is C21H18N4O3S2. The van der Waals surface area contributed by atoms with Crippen LogP contribution < -0.4 is 5.32 Å². The molecule has 0 atom stereocenters. The number of thiazole rings is 1. The number of hydrogen-bond acceptors (Lipinski definition) is 7. The fraction of sp³-hybridized carbons (Fsp3) is 0.190. The minimum absolute atomic E-state index is 0.00661. The van der Waals surface area contributed by atoms with Gasteiger partial charge in [0.1, 0.15) is 4.83 Å². The summed E-state index contributed by atoms with van der Waals surface area (Å²) in [5.41, 5.74) is 0.983. The lowest BCUT2D eigenvalue weighted by Crippen LogP contribution is -2.50. The number of fused-ring (bicyclic) bond motifs is 1. The Hall–Kier alpha value is -3.17. The number of para-hydroxylation sites is 1. The highest BCUT2D eigenvalue weighted by molar-refractivity contribution is 7.29. The number of amides is 2. The van der Waals surface area contributed by atoms with Crippen molar-refractivity contribution in [3.05, 3.63) is 65.4 Å². The summed E-state index contributed by atoms with van der Waals surface area (Å²) < 4.78 is 6.18. The van der Waals surface area contributed by atoms with E-state index in [0.717, 1.165) is 20.3 Å². The SMILES string of the molecule is O=C(c1ccco1)N1CCN(C(=O)c2cc3sc(Nc4ccccc4)nc3s2)CC1. The number of carbonyl (C=O) groups is 2. The molecule has 1 aliphatic heterocycles. The summed E-state index contributed by atoms with van der Waals surface area (Å²) in [7, 11) is 0. The first-order chi connectivity index (χ1) is 14.7. The number of carbonyl (C=O) groups excluding carboxylic acids is 2. The third-order valence-corrected chi connectivity index (χ3v) is 6.98. The smallest absolute Gasteiger partial charge is 0.289 e. The first kappa shape index (κ1) is 18.8. The molecule has 1 aromatic carbocycles. The number of rotatable bonds is 4. The normalized spacial score (nSPS) is 14.3. The van der Waals surface area contributed by atoms with Crippen LogP contribution in [0.3, 0.4) is 0 Å². The van der Waals surface area contributed by atoms with Gasteiger partial charge in [-0.15, -0.1) is 11.3 Å². The Morgan fingerprint density at radius 2 is 1.67 bits per heavy atom. The topological polar surface area (TPSA) is 78.7 Å². The Kier molecular flexibility index (Phi) is 4.97. The van der Waals surface area contributed by atoms with Gasteiger partial charge in [-0.1, -0.05) is 29.5 Å². The van der Waals surface area contributed by atoms with Crippen molar-refractivity contribution in [2.75, 3.05) is 31.5 Å². The second-order valence-corrected chi connectivity index (χ2v) is 8.91. The number of nitrogens with one attached hydrogen (secondary N) is 1. The predicted molar refractivity (Wildman–Crippen MR) is 118 cm³/mol. The number of piperazine rings is 1. The van der Waals surface area contributed by atoms with Gasteiger partial charge < -0.3 is 19.5 Å². The van der Waals surface area contributed by atoms with Crippen molar-refractivity contribution in [3.8, 4) is 0 Å². The third-order valence-electron chi connectivity index (χ3n) is 4.91. The number of aromatic nitrogens is 1. The van der Waals surface area contributed by atoms with Gasteiger partial charge in [0.15, 0.2) is 10.9 Å². The van der Waals surface area contributed by atoms with Crippen molar-refractivity contribution < 1.29 is 14.0 Å². The monoisotopic (exact) mass is 438 g/mol. The van der Waals surface area contributed by atoms with Crippen LogP contribution in [0.4, 0.5) is 10.8 Å². The molecule has 0 radical (unpaired) electrons. The first-order valence-electron chi connectivity index (χ1n) is 9.52. The Balaban J connectivity index is 1.23. The standard InChI is InChI=1S/C21H18N4O3S2/c26-19(15-7-4-12-28-15)24-8-10-25(11-9-24)20(27)17-13-16-18(29-17)23-21(30-16)22-14-5-2-1-3-6-14/h1-7,12-13H,8-11H2,(H,22,23). The van der Waals surface area contributed by atoms with Crippen LogP contribution in [0.25, 0.3) is 9.53 Å². The second-order valence-electron chi connectivity index (χ2n) is 6.85. The summed E-state index contributed by atoms with van der Waals surface area (Å²) in [6.45, 7) is 2.00. The highest BCUT2D eigenvalue weighted by Crippen LogP contribution is 2.34. The molecule has 1 saturated heterocycles. The Morgan fingerprint density at radius 3 is 2.33 bits per heavy atom. The van der Waals surface area contributed by atoms with Crippen molar-refractivity contribution in [2.24, 2.45) is 0 Å². The van der Waals surface area contributed by atoms with Gasteiger partial charge in [0.05, 0.1) is 15.8 Å². The highest BCUT2D eigenvalue weighted by atomic mass is 32.1. The van der Waals surface area contributed by atoms with E-state index in [4.69, 9.17) is 4.42 Å². The van der Waals surface area contributed by atoms with Crippen LogP contribution in [0, 0.1) is 0 Å². The van der Waals surface area contributed by atoms with Crippen LogP contribution in [0.15, 0.2) is 59.2 Å². The van der Waals surface area contributed by atoms with Crippen molar-refractivity contribution >= 4 is 54.8 Å². The summed E-state index contributed by atoms with van der Waals surface area (Å²) in [5, 5.41) is 4.10. The number of anilines is 2. The maximum Gasteiger partial charge on any atom is 0.289 e.